The van der Waals surface area contributed by atoms with Crippen molar-refractivity contribution in [1.29, 1.82) is 0 Å². The molecule has 0 fully saturated rings. The molecule has 2 rings (SSSR count). The Kier molecular flexibility index (Phi) is 6.04. The van der Waals surface area contributed by atoms with Crippen LogP contribution in [0.1, 0.15) is 29.5 Å². The summed E-state index contributed by atoms with van der Waals surface area (Å²) in [5.74, 6) is 0. The van der Waals surface area contributed by atoms with E-state index in [4.69, 9.17) is 22.1 Å². The molecule has 2 aromatic heterocycles. The van der Waals surface area contributed by atoms with Crippen molar-refractivity contribution in [2.45, 2.75) is 31.8 Å². The number of methoxy groups -OCH3 is 1. The van der Waals surface area contributed by atoms with Crippen LogP contribution in [0.25, 0.3) is 0 Å². The van der Waals surface area contributed by atoms with Crippen molar-refractivity contribution in [1.82, 2.24) is 9.78 Å². The van der Waals surface area contributed by atoms with Gasteiger partial charge in [0.05, 0.1) is 30.1 Å². The summed E-state index contributed by atoms with van der Waals surface area (Å²) in [6, 6.07) is 4.16. The second-order valence-corrected chi connectivity index (χ2v) is 6.11. The lowest BCUT2D eigenvalue weighted by molar-refractivity contribution is 0.182. The Bertz CT molecular complexity index is 512. The minimum absolute atomic E-state index is 0.0816. The van der Waals surface area contributed by atoms with Crippen LogP contribution >= 0.6 is 22.9 Å². The molecule has 0 aliphatic carbocycles. The number of thiophene rings is 1. The van der Waals surface area contributed by atoms with Gasteiger partial charge >= 0.3 is 0 Å². The number of ether oxygens (including phenoxy) is 1. The van der Waals surface area contributed by atoms with Crippen LogP contribution in [0.15, 0.2) is 23.7 Å². The van der Waals surface area contributed by atoms with Gasteiger partial charge in [-0.25, -0.2) is 0 Å². The number of hydrogen-bond acceptors (Lipinski definition) is 4. The summed E-state index contributed by atoms with van der Waals surface area (Å²) >= 11 is 7.98. The highest BCUT2D eigenvalue weighted by Crippen LogP contribution is 2.25. The van der Waals surface area contributed by atoms with Crippen LogP contribution in [-0.2, 0) is 17.7 Å². The normalized spacial score (nSPS) is 12.8. The molecule has 2 N–H and O–H groups in total. The van der Waals surface area contributed by atoms with Gasteiger partial charge < -0.3 is 10.5 Å². The first-order valence-electron chi connectivity index (χ1n) is 6.70. The van der Waals surface area contributed by atoms with Gasteiger partial charge in [0.2, 0.25) is 0 Å². The standard InChI is InChI=1S/C14H20ClN3OS/c1-19-8-7-18-14(12(15)10-17-18)13(16)6-2-4-11-5-3-9-20-11/h3,5,9-10,13H,2,4,6-8,16H2,1H3. The molecule has 0 radical (unpaired) electrons. The molecule has 110 valence electrons. The Morgan fingerprint density at radius 1 is 1.55 bits per heavy atom. The third-order valence-electron chi connectivity index (χ3n) is 3.21. The highest BCUT2D eigenvalue weighted by Gasteiger charge is 2.16. The smallest absolute Gasteiger partial charge is 0.0834 e. The first-order valence-corrected chi connectivity index (χ1v) is 7.96. The molecule has 0 spiro atoms. The van der Waals surface area contributed by atoms with E-state index in [1.54, 1.807) is 24.6 Å². The average molecular weight is 314 g/mol. The van der Waals surface area contributed by atoms with E-state index in [0.717, 1.165) is 25.0 Å². The Labute approximate surface area is 128 Å². The summed E-state index contributed by atoms with van der Waals surface area (Å²) in [4.78, 5) is 1.40. The molecule has 6 heteroatoms. The van der Waals surface area contributed by atoms with Crippen LogP contribution in [0.5, 0.6) is 0 Å². The molecule has 0 saturated heterocycles. The lowest BCUT2D eigenvalue weighted by atomic mass is 10.1. The predicted molar refractivity (Wildman–Crippen MR) is 83.3 cm³/mol. The molecule has 20 heavy (non-hydrogen) atoms. The molecule has 1 unspecified atom stereocenters. The van der Waals surface area contributed by atoms with Crippen LogP contribution in [0.4, 0.5) is 0 Å². The average Bonchev–Trinajstić information content (AvgIpc) is 3.06. The third-order valence-corrected chi connectivity index (χ3v) is 4.44. The van der Waals surface area contributed by atoms with Gasteiger partial charge in [-0.3, -0.25) is 4.68 Å². The second kappa shape index (κ2) is 7.78. The van der Waals surface area contributed by atoms with Gasteiger partial charge in [-0.1, -0.05) is 17.7 Å². The molecule has 0 aliphatic heterocycles. The van der Waals surface area contributed by atoms with E-state index < -0.39 is 0 Å². The van der Waals surface area contributed by atoms with E-state index in [1.807, 2.05) is 4.68 Å². The second-order valence-electron chi connectivity index (χ2n) is 4.67. The van der Waals surface area contributed by atoms with Crippen molar-refractivity contribution < 1.29 is 4.74 Å². The number of nitrogens with two attached hydrogens (primary N) is 1. The number of hydrogen-bond donors (Lipinski definition) is 1. The Hall–Kier alpha value is -0.880. The summed E-state index contributed by atoms with van der Waals surface area (Å²) in [5.41, 5.74) is 7.18. The summed E-state index contributed by atoms with van der Waals surface area (Å²) in [5, 5.41) is 7.01. The molecule has 0 bridgehead atoms. The summed E-state index contributed by atoms with van der Waals surface area (Å²) in [7, 11) is 1.67. The van der Waals surface area contributed by atoms with E-state index in [1.165, 1.54) is 4.88 Å². The highest BCUT2D eigenvalue weighted by atomic mass is 35.5. The molecule has 0 saturated carbocycles. The van der Waals surface area contributed by atoms with Crippen molar-refractivity contribution in [3.63, 3.8) is 0 Å². The topological polar surface area (TPSA) is 53.1 Å². The quantitative estimate of drug-likeness (QED) is 0.813. The van der Waals surface area contributed by atoms with Gasteiger partial charge in [-0.2, -0.15) is 5.10 Å². The molecular formula is C14H20ClN3OS. The Morgan fingerprint density at radius 3 is 3.10 bits per heavy atom. The van der Waals surface area contributed by atoms with E-state index in [0.29, 0.717) is 18.2 Å². The fraction of sp³-hybridized carbons (Fsp3) is 0.500. The van der Waals surface area contributed by atoms with Gasteiger partial charge in [-0.05, 0) is 30.7 Å². The summed E-state index contributed by atoms with van der Waals surface area (Å²) in [6.45, 7) is 1.28. The van der Waals surface area contributed by atoms with E-state index in [-0.39, 0.29) is 6.04 Å². The molecule has 4 nitrogen and oxygen atoms in total. The Balaban J connectivity index is 1.90. The van der Waals surface area contributed by atoms with E-state index >= 15 is 0 Å². The molecular weight excluding hydrogens is 294 g/mol. The van der Waals surface area contributed by atoms with Crippen LogP contribution < -0.4 is 5.73 Å². The molecule has 2 heterocycles. The zero-order valence-electron chi connectivity index (χ0n) is 11.6. The zero-order chi connectivity index (χ0) is 14.4. The zero-order valence-corrected chi connectivity index (χ0v) is 13.2. The van der Waals surface area contributed by atoms with Crippen LogP contribution in [0.2, 0.25) is 5.02 Å². The molecule has 0 aliphatic rings. The maximum absolute atomic E-state index is 6.27. The summed E-state index contributed by atoms with van der Waals surface area (Å²) in [6.07, 6.45) is 4.67. The van der Waals surface area contributed by atoms with Gasteiger partial charge in [0.25, 0.3) is 0 Å². The Morgan fingerprint density at radius 2 is 2.40 bits per heavy atom. The fourth-order valence-corrected chi connectivity index (χ4v) is 3.22. The first-order chi connectivity index (χ1) is 9.72. The van der Waals surface area contributed by atoms with Gasteiger partial charge in [0.15, 0.2) is 0 Å². The van der Waals surface area contributed by atoms with Gasteiger partial charge in [0, 0.05) is 18.0 Å². The third kappa shape index (κ3) is 4.06. The molecule has 0 amide bonds. The van der Waals surface area contributed by atoms with Crippen molar-refractivity contribution in [3.8, 4) is 0 Å². The molecule has 2 aromatic rings. The monoisotopic (exact) mass is 313 g/mol. The highest BCUT2D eigenvalue weighted by molar-refractivity contribution is 7.09. The minimum Gasteiger partial charge on any atom is -0.383 e. The summed E-state index contributed by atoms with van der Waals surface area (Å²) < 4.78 is 6.93. The maximum Gasteiger partial charge on any atom is 0.0834 e. The van der Waals surface area contributed by atoms with Crippen molar-refractivity contribution in [2.75, 3.05) is 13.7 Å². The predicted octanol–water partition coefficient (Wildman–Crippen LogP) is 3.27. The largest absolute Gasteiger partial charge is 0.383 e. The van der Waals surface area contributed by atoms with Gasteiger partial charge in [-0.15, -0.1) is 11.3 Å². The fourth-order valence-electron chi connectivity index (χ4n) is 2.18. The lowest BCUT2D eigenvalue weighted by Gasteiger charge is -2.14. The van der Waals surface area contributed by atoms with Crippen molar-refractivity contribution >= 4 is 22.9 Å². The van der Waals surface area contributed by atoms with Crippen LogP contribution in [0, 0.1) is 0 Å². The molecule has 1 atom stereocenters. The minimum atomic E-state index is -0.0816. The van der Waals surface area contributed by atoms with Crippen molar-refractivity contribution in [3.05, 3.63) is 39.3 Å². The number of aryl methyl sites for hydroxylation is 1. The van der Waals surface area contributed by atoms with Crippen molar-refractivity contribution in [2.24, 2.45) is 5.73 Å². The SMILES string of the molecule is COCCn1ncc(Cl)c1C(N)CCCc1cccs1. The van der Waals surface area contributed by atoms with Crippen LogP contribution in [-0.4, -0.2) is 23.5 Å². The van der Waals surface area contributed by atoms with Gasteiger partial charge in [0.1, 0.15) is 0 Å². The van der Waals surface area contributed by atoms with Crippen LogP contribution in [0.3, 0.4) is 0 Å². The van der Waals surface area contributed by atoms with E-state index in [2.05, 4.69) is 22.6 Å². The molecule has 0 aromatic carbocycles. The number of rotatable bonds is 8. The lowest BCUT2D eigenvalue weighted by Crippen LogP contribution is -2.18. The number of aromatic nitrogens is 2. The maximum atomic E-state index is 6.27. The first kappa shape index (κ1) is 15.5. The van der Waals surface area contributed by atoms with E-state index in [9.17, 15) is 0 Å². The number of nitrogens with zero attached hydrogens (tertiary/aromatic N) is 2. The number of halogens is 1.